The Balaban J connectivity index is 2.13. The van der Waals surface area contributed by atoms with E-state index < -0.39 is 4.92 Å². The van der Waals surface area contributed by atoms with Gasteiger partial charge in [-0.1, -0.05) is 17.7 Å². The molecule has 0 aliphatic carbocycles. The predicted molar refractivity (Wildman–Crippen MR) is 88.6 cm³/mol. The number of benzene rings is 2. The molecule has 6 heteroatoms. The molecule has 0 saturated heterocycles. The van der Waals surface area contributed by atoms with Crippen LogP contribution in [0.25, 0.3) is 0 Å². The monoisotopic (exact) mass is 333 g/mol. The van der Waals surface area contributed by atoms with Crippen molar-refractivity contribution in [3.63, 3.8) is 0 Å². The van der Waals surface area contributed by atoms with Crippen LogP contribution in [0.3, 0.4) is 0 Å². The van der Waals surface area contributed by atoms with Gasteiger partial charge in [-0.2, -0.15) is 0 Å². The molecule has 2 rings (SSSR count). The van der Waals surface area contributed by atoms with Crippen molar-refractivity contribution >= 4 is 23.1 Å². The van der Waals surface area contributed by atoms with Gasteiger partial charge in [0.2, 0.25) is 0 Å². The fraction of sp³-hybridized carbons (Fsp3) is 0.235. The lowest BCUT2D eigenvalue weighted by molar-refractivity contribution is -0.384. The van der Waals surface area contributed by atoms with Crippen molar-refractivity contribution in [2.75, 3.05) is 6.61 Å². The van der Waals surface area contributed by atoms with Crippen molar-refractivity contribution in [1.29, 1.82) is 0 Å². The quantitative estimate of drug-likeness (QED) is 0.461. The van der Waals surface area contributed by atoms with Gasteiger partial charge in [0.15, 0.2) is 12.4 Å². The van der Waals surface area contributed by atoms with Gasteiger partial charge in [-0.3, -0.25) is 14.9 Å². The van der Waals surface area contributed by atoms with Gasteiger partial charge in [0, 0.05) is 17.7 Å². The summed E-state index contributed by atoms with van der Waals surface area (Å²) in [5.41, 5.74) is 3.52. The van der Waals surface area contributed by atoms with E-state index in [1.807, 2.05) is 32.9 Å². The Hall–Kier alpha value is -2.40. The molecule has 0 aliphatic heterocycles. The van der Waals surface area contributed by atoms with E-state index in [1.54, 1.807) is 0 Å². The summed E-state index contributed by atoms with van der Waals surface area (Å²) in [5, 5.41) is 10.8. The second-order valence-corrected chi connectivity index (χ2v) is 5.74. The van der Waals surface area contributed by atoms with Crippen LogP contribution in [0.2, 0.25) is 5.02 Å². The van der Waals surface area contributed by atoms with Gasteiger partial charge in [-0.25, -0.2) is 0 Å². The Morgan fingerprint density at radius 1 is 1.13 bits per heavy atom. The summed E-state index contributed by atoms with van der Waals surface area (Å²) in [4.78, 5) is 22.4. The van der Waals surface area contributed by atoms with Gasteiger partial charge in [0.25, 0.3) is 5.69 Å². The molecule has 0 saturated carbocycles. The summed E-state index contributed by atoms with van der Waals surface area (Å²) < 4.78 is 5.41. The molecular formula is C17H16ClNO4. The first-order chi connectivity index (χ1) is 10.8. The zero-order valence-electron chi connectivity index (χ0n) is 13.1. The lowest BCUT2D eigenvalue weighted by atomic mass is 9.98. The number of carbonyl (C=O) groups is 1. The Bertz CT molecular complexity index is 786. The van der Waals surface area contributed by atoms with Crippen LogP contribution in [0.5, 0.6) is 5.75 Å². The minimum Gasteiger partial charge on any atom is -0.484 e. The number of aryl methyl sites for hydroxylation is 3. The Morgan fingerprint density at radius 3 is 2.39 bits per heavy atom. The van der Waals surface area contributed by atoms with Crippen molar-refractivity contribution in [1.82, 2.24) is 0 Å². The van der Waals surface area contributed by atoms with Gasteiger partial charge in [-0.05, 0) is 49.6 Å². The maximum Gasteiger partial charge on any atom is 0.271 e. The summed E-state index contributed by atoms with van der Waals surface area (Å²) >= 11 is 5.94. The first-order valence-corrected chi connectivity index (χ1v) is 7.35. The number of nitrogens with zero attached hydrogens (tertiary/aromatic N) is 1. The summed E-state index contributed by atoms with van der Waals surface area (Å²) in [5.74, 6) is 0.0760. The smallest absolute Gasteiger partial charge is 0.271 e. The summed E-state index contributed by atoms with van der Waals surface area (Å²) in [6, 6.07) is 7.67. The molecule has 0 aliphatic rings. The largest absolute Gasteiger partial charge is 0.484 e. The van der Waals surface area contributed by atoms with Crippen molar-refractivity contribution in [2.24, 2.45) is 0 Å². The minimum atomic E-state index is -0.542. The lowest BCUT2D eigenvalue weighted by Gasteiger charge is -2.11. The first kappa shape index (κ1) is 17.0. The van der Waals surface area contributed by atoms with E-state index in [2.05, 4.69) is 0 Å². The summed E-state index contributed by atoms with van der Waals surface area (Å²) in [6.07, 6.45) is 0. The molecule has 0 atom stereocenters. The second-order valence-electron chi connectivity index (χ2n) is 5.34. The zero-order valence-corrected chi connectivity index (χ0v) is 13.8. The number of carbonyl (C=O) groups excluding carboxylic acids is 1. The fourth-order valence-corrected chi connectivity index (χ4v) is 2.43. The van der Waals surface area contributed by atoms with Crippen LogP contribution >= 0.6 is 11.6 Å². The number of Topliss-reactive ketones (excluding diaryl/α,β-unsaturated/α-hetero) is 1. The molecular weight excluding hydrogens is 318 g/mol. The number of ether oxygens (including phenoxy) is 1. The van der Waals surface area contributed by atoms with Gasteiger partial charge in [0.05, 0.1) is 9.95 Å². The highest BCUT2D eigenvalue weighted by Gasteiger charge is 2.14. The Labute approximate surface area is 139 Å². The molecule has 23 heavy (non-hydrogen) atoms. The average Bonchev–Trinajstić information content (AvgIpc) is 2.49. The molecule has 0 spiro atoms. The van der Waals surface area contributed by atoms with E-state index in [1.165, 1.54) is 18.2 Å². The van der Waals surface area contributed by atoms with E-state index in [9.17, 15) is 14.9 Å². The lowest BCUT2D eigenvalue weighted by Crippen LogP contribution is -2.13. The van der Waals surface area contributed by atoms with Crippen molar-refractivity contribution in [3.8, 4) is 5.75 Å². The molecule has 0 unspecified atom stereocenters. The molecule has 120 valence electrons. The number of hydrogen-bond donors (Lipinski definition) is 0. The first-order valence-electron chi connectivity index (χ1n) is 6.97. The molecule has 5 nitrogen and oxygen atoms in total. The molecule has 0 amide bonds. The maximum absolute atomic E-state index is 12.3. The maximum atomic E-state index is 12.3. The zero-order chi connectivity index (χ0) is 17.1. The molecule has 0 N–H and O–H groups in total. The van der Waals surface area contributed by atoms with Crippen LogP contribution in [0.15, 0.2) is 30.3 Å². The van der Waals surface area contributed by atoms with E-state index >= 15 is 0 Å². The van der Waals surface area contributed by atoms with Crippen LogP contribution in [-0.2, 0) is 0 Å². The molecule has 2 aromatic rings. The van der Waals surface area contributed by atoms with E-state index in [4.69, 9.17) is 16.3 Å². The van der Waals surface area contributed by atoms with Gasteiger partial charge in [-0.15, -0.1) is 0 Å². The standard InChI is InChI=1S/C17H16ClNO4/c1-10-6-12(3)14(7-11(10)2)16(20)9-23-17-5-4-13(19(21)22)8-15(17)18/h4-8H,9H2,1-3H3. The normalized spacial score (nSPS) is 10.4. The topological polar surface area (TPSA) is 69.4 Å². The van der Waals surface area contributed by atoms with Gasteiger partial charge >= 0.3 is 0 Å². The predicted octanol–water partition coefficient (Wildman–Crippen LogP) is 4.44. The van der Waals surface area contributed by atoms with Crippen molar-refractivity contribution in [2.45, 2.75) is 20.8 Å². The highest BCUT2D eigenvalue weighted by atomic mass is 35.5. The van der Waals surface area contributed by atoms with Crippen molar-refractivity contribution < 1.29 is 14.5 Å². The van der Waals surface area contributed by atoms with Crippen molar-refractivity contribution in [3.05, 3.63) is 67.7 Å². The third kappa shape index (κ3) is 3.87. The number of nitro groups is 1. The van der Waals surface area contributed by atoms with E-state index in [0.717, 1.165) is 16.7 Å². The van der Waals surface area contributed by atoms with Crippen LogP contribution < -0.4 is 4.74 Å². The average molecular weight is 334 g/mol. The highest BCUT2D eigenvalue weighted by Crippen LogP contribution is 2.28. The van der Waals surface area contributed by atoms with Crippen LogP contribution in [0, 0.1) is 30.9 Å². The SMILES string of the molecule is Cc1cc(C)c(C(=O)COc2ccc([N+](=O)[O-])cc2Cl)cc1C. The van der Waals surface area contributed by atoms with E-state index in [0.29, 0.717) is 5.56 Å². The Kier molecular flexibility index (Phi) is 5.01. The van der Waals surface area contributed by atoms with Gasteiger partial charge in [0.1, 0.15) is 5.75 Å². The number of hydrogen-bond acceptors (Lipinski definition) is 4. The van der Waals surface area contributed by atoms with Gasteiger partial charge < -0.3 is 4.74 Å². The molecule has 0 heterocycles. The van der Waals surface area contributed by atoms with Crippen LogP contribution in [0.4, 0.5) is 5.69 Å². The second kappa shape index (κ2) is 6.79. The molecule has 2 aromatic carbocycles. The van der Waals surface area contributed by atoms with Crippen LogP contribution in [-0.4, -0.2) is 17.3 Å². The third-order valence-corrected chi connectivity index (χ3v) is 3.92. The molecule has 0 radical (unpaired) electrons. The number of nitro benzene ring substituents is 1. The number of non-ortho nitro benzene ring substituents is 1. The Morgan fingerprint density at radius 2 is 1.78 bits per heavy atom. The number of rotatable bonds is 5. The molecule has 0 bridgehead atoms. The van der Waals surface area contributed by atoms with Crippen LogP contribution in [0.1, 0.15) is 27.0 Å². The third-order valence-electron chi connectivity index (χ3n) is 3.63. The summed E-state index contributed by atoms with van der Waals surface area (Å²) in [6.45, 7) is 5.63. The highest BCUT2D eigenvalue weighted by molar-refractivity contribution is 6.32. The molecule has 0 aromatic heterocycles. The number of halogens is 1. The number of ketones is 1. The minimum absolute atomic E-state index is 0.101. The summed E-state index contributed by atoms with van der Waals surface area (Å²) in [7, 11) is 0. The van der Waals surface area contributed by atoms with E-state index in [-0.39, 0.29) is 28.8 Å². The molecule has 0 fully saturated rings. The fourth-order valence-electron chi connectivity index (χ4n) is 2.20.